The molecule has 26 heavy (non-hydrogen) atoms. The summed E-state index contributed by atoms with van der Waals surface area (Å²) in [4.78, 5) is 18.5. The first-order chi connectivity index (χ1) is 12.7. The van der Waals surface area contributed by atoms with Crippen LogP contribution in [0.4, 0.5) is 5.69 Å². The summed E-state index contributed by atoms with van der Waals surface area (Å²) >= 11 is 0. The summed E-state index contributed by atoms with van der Waals surface area (Å²) in [7, 11) is 0. The van der Waals surface area contributed by atoms with Gasteiger partial charge in [0.15, 0.2) is 0 Å². The standard InChI is InChI=1S/C20H22N4O2/c1-15(25)21-17-7-5-16(6-8-17)20-18(14-23-10-12-26-13-11-23)24-9-3-2-4-19(24)22-20/h2-9H,10-14H2,1H3,(H,21,25). The van der Waals surface area contributed by atoms with E-state index >= 15 is 0 Å². The molecule has 1 amide bonds. The first kappa shape index (κ1) is 16.8. The summed E-state index contributed by atoms with van der Waals surface area (Å²) in [6.07, 6.45) is 2.06. The minimum absolute atomic E-state index is 0.0708. The second-order valence-corrected chi connectivity index (χ2v) is 6.48. The summed E-state index contributed by atoms with van der Waals surface area (Å²) in [5.74, 6) is -0.0708. The maximum absolute atomic E-state index is 11.2. The summed E-state index contributed by atoms with van der Waals surface area (Å²) in [5, 5.41) is 2.80. The molecule has 0 atom stereocenters. The van der Waals surface area contributed by atoms with Crippen molar-refractivity contribution < 1.29 is 9.53 Å². The largest absolute Gasteiger partial charge is 0.379 e. The van der Waals surface area contributed by atoms with Gasteiger partial charge in [-0.1, -0.05) is 18.2 Å². The zero-order chi connectivity index (χ0) is 17.9. The van der Waals surface area contributed by atoms with E-state index in [0.717, 1.165) is 55.4 Å². The van der Waals surface area contributed by atoms with Gasteiger partial charge in [0.25, 0.3) is 0 Å². The monoisotopic (exact) mass is 350 g/mol. The van der Waals surface area contributed by atoms with Crippen LogP contribution in [0.1, 0.15) is 12.6 Å². The number of ether oxygens (including phenoxy) is 1. The number of aromatic nitrogens is 2. The Labute approximate surface area is 152 Å². The summed E-state index contributed by atoms with van der Waals surface area (Å²) in [6, 6.07) is 13.9. The fourth-order valence-corrected chi connectivity index (χ4v) is 3.31. The molecule has 0 bridgehead atoms. The second-order valence-electron chi connectivity index (χ2n) is 6.48. The van der Waals surface area contributed by atoms with Crippen molar-refractivity contribution in [3.05, 3.63) is 54.4 Å². The molecule has 1 aliphatic rings. The van der Waals surface area contributed by atoms with Crippen LogP contribution in [0.3, 0.4) is 0 Å². The van der Waals surface area contributed by atoms with Crippen molar-refractivity contribution in [2.45, 2.75) is 13.5 Å². The maximum atomic E-state index is 11.2. The first-order valence-corrected chi connectivity index (χ1v) is 8.85. The Morgan fingerprint density at radius 1 is 1.15 bits per heavy atom. The van der Waals surface area contributed by atoms with Gasteiger partial charge in [0.05, 0.1) is 24.6 Å². The van der Waals surface area contributed by atoms with E-state index in [9.17, 15) is 4.79 Å². The number of amides is 1. The highest BCUT2D eigenvalue weighted by atomic mass is 16.5. The molecule has 134 valence electrons. The van der Waals surface area contributed by atoms with Crippen molar-refractivity contribution >= 4 is 17.2 Å². The lowest BCUT2D eigenvalue weighted by atomic mass is 10.1. The molecule has 4 rings (SSSR count). The van der Waals surface area contributed by atoms with Gasteiger partial charge in [-0.25, -0.2) is 4.98 Å². The maximum Gasteiger partial charge on any atom is 0.221 e. The number of pyridine rings is 1. The molecule has 1 saturated heterocycles. The number of carbonyl (C=O) groups excluding carboxylic acids is 1. The van der Waals surface area contributed by atoms with Crippen LogP contribution in [0, 0.1) is 0 Å². The Hall–Kier alpha value is -2.70. The van der Waals surface area contributed by atoms with Crippen LogP contribution >= 0.6 is 0 Å². The van der Waals surface area contributed by atoms with E-state index in [-0.39, 0.29) is 5.91 Å². The molecule has 0 saturated carbocycles. The normalized spacial score (nSPS) is 15.3. The highest BCUT2D eigenvalue weighted by Crippen LogP contribution is 2.27. The van der Waals surface area contributed by atoms with Crippen LogP contribution < -0.4 is 5.32 Å². The first-order valence-electron chi connectivity index (χ1n) is 8.85. The van der Waals surface area contributed by atoms with E-state index in [1.165, 1.54) is 12.6 Å². The Kier molecular flexibility index (Phi) is 4.69. The van der Waals surface area contributed by atoms with Crippen molar-refractivity contribution in [2.75, 3.05) is 31.6 Å². The molecule has 0 aliphatic carbocycles. The lowest BCUT2D eigenvalue weighted by Gasteiger charge is -2.26. The molecule has 2 aromatic heterocycles. The number of hydrogen-bond acceptors (Lipinski definition) is 4. The number of nitrogens with zero attached hydrogens (tertiary/aromatic N) is 3. The molecule has 0 unspecified atom stereocenters. The molecule has 1 aromatic carbocycles. The number of hydrogen-bond donors (Lipinski definition) is 1. The highest BCUT2D eigenvalue weighted by Gasteiger charge is 2.18. The number of fused-ring (bicyclic) bond motifs is 1. The van der Waals surface area contributed by atoms with E-state index in [1.807, 2.05) is 42.5 Å². The SMILES string of the molecule is CC(=O)Nc1ccc(-c2nc3ccccn3c2CN2CCOCC2)cc1. The van der Waals surface area contributed by atoms with E-state index in [2.05, 4.69) is 20.8 Å². The van der Waals surface area contributed by atoms with Gasteiger partial charge in [-0.2, -0.15) is 0 Å². The predicted molar refractivity (Wildman–Crippen MR) is 101 cm³/mol. The fraction of sp³-hybridized carbons (Fsp3) is 0.300. The van der Waals surface area contributed by atoms with Gasteiger partial charge < -0.3 is 14.5 Å². The Bertz CT molecular complexity index is 911. The van der Waals surface area contributed by atoms with Gasteiger partial charge in [-0.3, -0.25) is 9.69 Å². The summed E-state index contributed by atoms with van der Waals surface area (Å²) < 4.78 is 7.63. The van der Waals surface area contributed by atoms with Gasteiger partial charge in [0.1, 0.15) is 5.65 Å². The third kappa shape index (κ3) is 3.47. The van der Waals surface area contributed by atoms with E-state index < -0.39 is 0 Å². The minimum Gasteiger partial charge on any atom is -0.379 e. The van der Waals surface area contributed by atoms with Gasteiger partial charge in [0.2, 0.25) is 5.91 Å². The van der Waals surface area contributed by atoms with Gasteiger partial charge in [-0.15, -0.1) is 0 Å². The molecular formula is C20H22N4O2. The number of nitrogens with one attached hydrogen (secondary N) is 1. The molecule has 3 aromatic rings. The Balaban J connectivity index is 1.71. The molecule has 3 heterocycles. The lowest BCUT2D eigenvalue weighted by Crippen LogP contribution is -2.36. The van der Waals surface area contributed by atoms with Crippen molar-refractivity contribution in [3.63, 3.8) is 0 Å². The second kappa shape index (κ2) is 7.27. The van der Waals surface area contributed by atoms with Crippen molar-refractivity contribution in [1.29, 1.82) is 0 Å². The van der Waals surface area contributed by atoms with E-state index in [0.29, 0.717) is 0 Å². The Morgan fingerprint density at radius 2 is 1.92 bits per heavy atom. The molecule has 6 heteroatoms. The number of benzene rings is 1. The minimum atomic E-state index is -0.0708. The highest BCUT2D eigenvalue weighted by molar-refractivity contribution is 5.89. The molecule has 1 N–H and O–H groups in total. The van der Waals surface area contributed by atoms with Gasteiger partial charge in [0, 0.05) is 44.0 Å². The van der Waals surface area contributed by atoms with Crippen LogP contribution in [0.15, 0.2) is 48.7 Å². The van der Waals surface area contributed by atoms with Gasteiger partial charge >= 0.3 is 0 Å². The summed E-state index contributed by atoms with van der Waals surface area (Å²) in [6.45, 7) is 5.75. The van der Waals surface area contributed by atoms with E-state index in [4.69, 9.17) is 9.72 Å². The molecule has 1 aliphatic heterocycles. The van der Waals surface area contributed by atoms with Crippen molar-refractivity contribution in [2.24, 2.45) is 0 Å². The number of carbonyl (C=O) groups is 1. The van der Waals surface area contributed by atoms with Crippen LogP contribution in [-0.2, 0) is 16.1 Å². The molecular weight excluding hydrogens is 328 g/mol. The molecule has 1 fully saturated rings. The van der Waals surface area contributed by atoms with Crippen molar-refractivity contribution in [1.82, 2.24) is 14.3 Å². The number of anilines is 1. The average molecular weight is 350 g/mol. The average Bonchev–Trinajstić information content (AvgIpc) is 3.01. The van der Waals surface area contributed by atoms with Crippen LogP contribution in [0.2, 0.25) is 0 Å². The topological polar surface area (TPSA) is 58.9 Å². The number of morpholine rings is 1. The zero-order valence-corrected chi connectivity index (χ0v) is 14.8. The third-order valence-corrected chi connectivity index (χ3v) is 4.58. The molecule has 0 spiro atoms. The molecule has 0 radical (unpaired) electrons. The van der Waals surface area contributed by atoms with Gasteiger partial charge in [-0.05, 0) is 24.3 Å². The fourth-order valence-electron chi connectivity index (χ4n) is 3.31. The number of imidazole rings is 1. The quantitative estimate of drug-likeness (QED) is 0.786. The smallest absolute Gasteiger partial charge is 0.221 e. The molecule has 6 nitrogen and oxygen atoms in total. The third-order valence-electron chi connectivity index (χ3n) is 4.58. The van der Waals surface area contributed by atoms with Crippen LogP contribution in [-0.4, -0.2) is 46.5 Å². The van der Waals surface area contributed by atoms with Crippen LogP contribution in [0.25, 0.3) is 16.9 Å². The lowest BCUT2D eigenvalue weighted by molar-refractivity contribution is -0.114. The predicted octanol–water partition coefficient (Wildman–Crippen LogP) is 2.79. The number of rotatable bonds is 4. The van der Waals surface area contributed by atoms with Crippen molar-refractivity contribution in [3.8, 4) is 11.3 Å². The summed E-state index contributed by atoms with van der Waals surface area (Å²) in [5.41, 5.74) is 4.94. The van der Waals surface area contributed by atoms with E-state index in [1.54, 1.807) is 0 Å². The zero-order valence-electron chi connectivity index (χ0n) is 14.8. The van der Waals surface area contributed by atoms with Crippen LogP contribution in [0.5, 0.6) is 0 Å². The Morgan fingerprint density at radius 3 is 2.65 bits per heavy atom.